The van der Waals surface area contributed by atoms with Crippen LogP contribution < -0.4 is 4.74 Å². The lowest BCUT2D eigenvalue weighted by atomic mass is 9.85. The van der Waals surface area contributed by atoms with Gasteiger partial charge in [-0.2, -0.15) is 0 Å². The summed E-state index contributed by atoms with van der Waals surface area (Å²) in [4.78, 5) is 11.9. The fraction of sp³-hybridized carbons (Fsp3) is 0.550. The Morgan fingerprint density at radius 3 is 2.68 bits per heavy atom. The Hall–Kier alpha value is -1.57. The van der Waals surface area contributed by atoms with Gasteiger partial charge in [0.05, 0.1) is 6.42 Å². The lowest BCUT2D eigenvalue weighted by Gasteiger charge is -2.21. The van der Waals surface area contributed by atoms with E-state index in [0.717, 1.165) is 18.8 Å². The van der Waals surface area contributed by atoms with Crippen molar-refractivity contribution in [1.82, 2.24) is 0 Å². The van der Waals surface area contributed by atoms with E-state index in [2.05, 4.69) is 13.0 Å². The van der Waals surface area contributed by atoms with Crippen LogP contribution in [0.1, 0.15) is 64.7 Å². The van der Waals surface area contributed by atoms with Gasteiger partial charge in [0.1, 0.15) is 5.75 Å². The van der Waals surface area contributed by atoms with Crippen LogP contribution in [0.25, 0.3) is 0 Å². The second kappa shape index (κ2) is 9.45. The maximum Gasteiger partial charge on any atom is 0.315 e. The Morgan fingerprint density at radius 2 is 2.00 bits per heavy atom. The van der Waals surface area contributed by atoms with Crippen molar-refractivity contribution in [3.05, 3.63) is 42.0 Å². The standard InChI is InChI=1S/C20H28O2/c1-2-3-4-6-9-17-12-14-18(15-13-17)16-20(21)22-19-10-7-5-8-11-19/h5,7-8,10-11,14,17H,2-4,6,9,12-13,15-16H2,1H3. The molecule has 0 N–H and O–H groups in total. The van der Waals surface area contributed by atoms with Crippen molar-refractivity contribution >= 4 is 5.97 Å². The van der Waals surface area contributed by atoms with Gasteiger partial charge in [-0.3, -0.25) is 4.79 Å². The zero-order valence-corrected chi connectivity index (χ0v) is 13.7. The van der Waals surface area contributed by atoms with E-state index in [1.807, 2.05) is 30.3 Å². The van der Waals surface area contributed by atoms with Gasteiger partial charge >= 0.3 is 5.97 Å². The number of carbonyl (C=O) groups is 1. The van der Waals surface area contributed by atoms with Crippen LogP contribution in [0.3, 0.4) is 0 Å². The molecule has 2 nitrogen and oxygen atoms in total. The summed E-state index contributed by atoms with van der Waals surface area (Å²) in [5.41, 5.74) is 1.26. The number of para-hydroxylation sites is 1. The molecule has 1 unspecified atom stereocenters. The van der Waals surface area contributed by atoms with E-state index in [-0.39, 0.29) is 5.97 Å². The molecule has 0 spiro atoms. The van der Waals surface area contributed by atoms with Crippen LogP contribution in [0.5, 0.6) is 5.75 Å². The molecular formula is C20H28O2. The van der Waals surface area contributed by atoms with Crippen LogP contribution in [-0.4, -0.2) is 5.97 Å². The maximum absolute atomic E-state index is 11.9. The largest absolute Gasteiger partial charge is 0.426 e. The van der Waals surface area contributed by atoms with Crippen molar-refractivity contribution in [3.8, 4) is 5.75 Å². The van der Waals surface area contributed by atoms with Gasteiger partial charge in [-0.1, -0.05) is 68.9 Å². The molecule has 0 saturated heterocycles. The Morgan fingerprint density at radius 1 is 1.18 bits per heavy atom. The molecule has 0 heterocycles. The monoisotopic (exact) mass is 300 g/mol. The van der Waals surface area contributed by atoms with Gasteiger partial charge in [0, 0.05) is 0 Å². The number of ether oxygens (including phenoxy) is 1. The van der Waals surface area contributed by atoms with Crippen LogP contribution in [0.2, 0.25) is 0 Å². The summed E-state index contributed by atoms with van der Waals surface area (Å²) >= 11 is 0. The van der Waals surface area contributed by atoms with Gasteiger partial charge in [-0.25, -0.2) is 0 Å². The Bertz CT molecular complexity index is 476. The predicted molar refractivity (Wildman–Crippen MR) is 90.9 cm³/mol. The average Bonchev–Trinajstić information content (AvgIpc) is 2.54. The summed E-state index contributed by atoms with van der Waals surface area (Å²) < 4.78 is 5.36. The fourth-order valence-electron chi connectivity index (χ4n) is 3.07. The van der Waals surface area contributed by atoms with Gasteiger partial charge in [0.2, 0.25) is 0 Å². The molecule has 0 fully saturated rings. The molecule has 1 atom stereocenters. The Kier molecular flexibility index (Phi) is 7.21. The first-order valence-corrected chi connectivity index (χ1v) is 8.71. The van der Waals surface area contributed by atoms with E-state index in [4.69, 9.17) is 4.74 Å². The van der Waals surface area contributed by atoms with E-state index in [1.165, 1.54) is 44.1 Å². The molecular weight excluding hydrogens is 272 g/mol. The molecule has 0 radical (unpaired) electrons. The lowest BCUT2D eigenvalue weighted by Crippen LogP contribution is -2.12. The van der Waals surface area contributed by atoms with E-state index in [1.54, 1.807) is 0 Å². The summed E-state index contributed by atoms with van der Waals surface area (Å²) in [6, 6.07) is 9.32. The predicted octanol–water partition coefficient (Wildman–Crippen LogP) is 5.68. The van der Waals surface area contributed by atoms with Crippen molar-refractivity contribution in [2.45, 2.75) is 64.7 Å². The summed E-state index contributed by atoms with van der Waals surface area (Å²) in [5.74, 6) is 1.32. The number of allylic oxidation sites excluding steroid dienone is 1. The third-order valence-corrected chi connectivity index (χ3v) is 4.43. The fourth-order valence-corrected chi connectivity index (χ4v) is 3.07. The average molecular weight is 300 g/mol. The summed E-state index contributed by atoms with van der Waals surface area (Å²) in [6.45, 7) is 2.25. The highest BCUT2D eigenvalue weighted by Crippen LogP contribution is 2.29. The number of benzene rings is 1. The van der Waals surface area contributed by atoms with Gasteiger partial charge in [0.25, 0.3) is 0 Å². The number of unbranched alkanes of at least 4 members (excludes halogenated alkanes) is 3. The molecule has 2 heteroatoms. The second-order valence-electron chi connectivity index (χ2n) is 6.32. The summed E-state index contributed by atoms with van der Waals surface area (Å²) in [6.07, 6.45) is 12.9. The number of carbonyl (C=O) groups excluding carboxylic acids is 1. The first-order chi connectivity index (χ1) is 10.8. The van der Waals surface area contributed by atoms with Crippen LogP contribution in [0, 0.1) is 5.92 Å². The molecule has 0 amide bonds. The minimum absolute atomic E-state index is 0.140. The number of esters is 1. The van der Waals surface area contributed by atoms with Crippen LogP contribution in [0.4, 0.5) is 0 Å². The van der Waals surface area contributed by atoms with Crippen molar-refractivity contribution in [3.63, 3.8) is 0 Å². The first-order valence-electron chi connectivity index (χ1n) is 8.71. The SMILES string of the molecule is CCCCCCC1CC=C(CC(=O)Oc2ccccc2)CC1. The molecule has 2 rings (SSSR count). The van der Waals surface area contributed by atoms with Gasteiger partial charge < -0.3 is 4.74 Å². The molecule has 1 aliphatic rings. The molecule has 0 saturated carbocycles. The summed E-state index contributed by atoms with van der Waals surface area (Å²) in [5, 5.41) is 0. The number of hydrogen-bond acceptors (Lipinski definition) is 2. The molecule has 1 aromatic carbocycles. The third-order valence-electron chi connectivity index (χ3n) is 4.43. The van der Waals surface area contributed by atoms with Gasteiger partial charge in [0.15, 0.2) is 0 Å². The van der Waals surface area contributed by atoms with Crippen molar-refractivity contribution in [1.29, 1.82) is 0 Å². The zero-order chi connectivity index (χ0) is 15.6. The molecule has 1 aromatic rings. The van der Waals surface area contributed by atoms with Crippen LogP contribution in [0.15, 0.2) is 42.0 Å². The van der Waals surface area contributed by atoms with E-state index in [9.17, 15) is 4.79 Å². The van der Waals surface area contributed by atoms with Crippen molar-refractivity contribution in [2.75, 3.05) is 0 Å². The minimum Gasteiger partial charge on any atom is -0.426 e. The molecule has 0 aliphatic heterocycles. The maximum atomic E-state index is 11.9. The minimum atomic E-state index is -0.140. The summed E-state index contributed by atoms with van der Waals surface area (Å²) in [7, 11) is 0. The van der Waals surface area contributed by atoms with Gasteiger partial charge in [-0.15, -0.1) is 0 Å². The lowest BCUT2D eigenvalue weighted by molar-refractivity contribution is -0.133. The van der Waals surface area contributed by atoms with Crippen molar-refractivity contribution < 1.29 is 9.53 Å². The first kappa shape index (κ1) is 16.8. The number of rotatable bonds is 8. The van der Waals surface area contributed by atoms with E-state index in [0.29, 0.717) is 12.2 Å². The molecule has 120 valence electrons. The van der Waals surface area contributed by atoms with Crippen molar-refractivity contribution in [2.24, 2.45) is 5.92 Å². The highest BCUT2D eigenvalue weighted by atomic mass is 16.5. The van der Waals surface area contributed by atoms with Crippen LogP contribution in [-0.2, 0) is 4.79 Å². The van der Waals surface area contributed by atoms with Crippen LogP contribution >= 0.6 is 0 Å². The van der Waals surface area contributed by atoms with Gasteiger partial charge in [-0.05, 0) is 37.3 Å². The molecule has 0 bridgehead atoms. The highest BCUT2D eigenvalue weighted by Gasteiger charge is 2.16. The highest BCUT2D eigenvalue weighted by molar-refractivity contribution is 5.75. The Labute approximate surface area is 134 Å². The smallest absolute Gasteiger partial charge is 0.315 e. The molecule has 22 heavy (non-hydrogen) atoms. The molecule has 0 aromatic heterocycles. The normalized spacial score (nSPS) is 17.9. The Balaban J connectivity index is 1.69. The number of hydrogen-bond donors (Lipinski definition) is 0. The zero-order valence-electron chi connectivity index (χ0n) is 13.7. The second-order valence-corrected chi connectivity index (χ2v) is 6.32. The third kappa shape index (κ3) is 6.05. The van der Waals surface area contributed by atoms with E-state index < -0.39 is 0 Å². The quantitative estimate of drug-likeness (QED) is 0.267. The molecule has 1 aliphatic carbocycles. The topological polar surface area (TPSA) is 26.3 Å². The van der Waals surface area contributed by atoms with E-state index >= 15 is 0 Å².